The lowest BCUT2D eigenvalue weighted by atomic mass is 9.83. The molecule has 0 aliphatic rings. The first-order valence-corrected chi connectivity index (χ1v) is 9.84. The molecule has 0 heterocycles. The predicted molar refractivity (Wildman–Crippen MR) is 115 cm³/mol. The van der Waals surface area contributed by atoms with Crippen molar-refractivity contribution in [2.75, 3.05) is 25.7 Å². The Balaban J connectivity index is 2.62. The first kappa shape index (κ1) is 21.5. The highest BCUT2D eigenvalue weighted by Crippen LogP contribution is 2.38. The number of benzene rings is 2. The van der Waals surface area contributed by atoms with Gasteiger partial charge in [-0.05, 0) is 43.2 Å². The third-order valence-corrected chi connectivity index (χ3v) is 4.97. The van der Waals surface area contributed by atoms with Gasteiger partial charge in [-0.3, -0.25) is 0 Å². The molecule has 4 nitrogen and oxygen atoms in total. The van der Waals surface area contributed by atoms with Crippen LogP contribution in [0, 0.1) is 0 Å². The Morgan fingerprint density at radius 2 is 1.68 bits per heavy atom. The summed E-state index contributed by atoms with van der Waals surface area (Å²) < 4.78 is 10.6. The van der Waals surface area contributed by atoms with Gasteiger partial charge in [0.15, 0.2) is 5.54 Å². The Kier molecular flexibility index (Phi) is 8.12. The number of methoxy groups -OCH3 is 2. The van der Waals surface area contributed by atoms with Crippen molar-refractivity contribution in [1.82, 2.24) is 0 Å². The third kappa shape index (κ3) is 4.56. The van der Waals surface area contributed by atoms with Crippen LogP contribution in [0.4, 0.5) is 5.69 Å². The Morgan fingerprint density at radius 3 is 2.21 bits per heavy atom. The van der Waals surface area contributed by atoms with E-state index in [0.717, 1.165) is 29.8 Å². The van der Waals surface area contributed by atoms with E-state index in [1.165, 1.54) is 7.11 Å². The van der Waals surface area contributed by atoms with Gasteiger partial charge in [0.25, 0.3) is 0 Å². The molecule has 0 saturated carbocycles. The van der Waals surface area contributed by atoms with E-state index in [1.54, 1.807) is 7.11 Å². The van der Waals surface area contributed by atoms with Crippen molar-refractivity contribution in [3.63, 3.8) is 0 Å². The van der Waals surface area contributed by atoms with Gasteiger partial charge in [-0.15, -0.1) is 0 Å². The van der Waals surface area contributed by atoms with Gasteiger partial charge in [0.2, 0.25) is 0 Å². The van der Waals surface area contributed by atoms with Crippen LogP contribution in [0.2, 0.25) is 0 Å². The largest absolute Gasteiger partial charge is 0.497 e. The van der Waals surface area contributed by atoms with Crippen LogP contribution in [0.1, 0.15) is 38.7 Å². The molecule has 0 amide bonds. The topological polar surface area (TPSA) is 38.8 Å². The maximum Gasteiger partial charge on any atom is 0.336 e. The molecule has 0 aliphatic carbocycles. The SMILES string of the molecule is CCC/C=C/C[C@@](C(=O)OC)(c1ccccc1)N(CC)c1ccc(OC)cc1. The number of carbonyl (C=O) groups is 1. The number of carbonyl (C=O) groups excluding carboxylic acids is 1. The summed E-state index contributed by atoms with van der Waals surface area (Å²) in [7, 11) is 3.10. The van der Waals surface area contributed by atoms with Gasteiger partial charge >= 0.3 is 5.97 Å². The normalized spacial score (nSPS) is 13.1. The van der Waals surface area contributed by atoms with Gasteiger partial charge in [0.1, 0.15) is 5.75 Å². The summed E-state index contributed by atoms with van der Waals surface area (Å²) in [5, 5.41) is 0. The van der Waals surface area contributed by atoms with Crippen LogP contribution < -0.4 is 9.64 Å². The molecule has 0 unspecified atom stereocenters. The van der Waals surface area contributed by atoms with Crippen LogP contribution in [-0.4, -0.2) is 26.7 Å². The minimum absolute atomic E-state index is 0.266. The number of anilines is 1. The lowest BCUT2D eigenvalue weighted by Gasteiger charge is -2.42. The molecule has 0 radical (unpaired) electrons. The average molecular weight is 382 g/mol. The molecule has 0 fully saturated rings. The van der Waals surface area contributed by atoms with E-state index in [2.05, 4.69) is 30.9 Å². The fraction of sp³-hybridized carbons (Fsp3) is 0.375. The van der Waals surface area contributed by atoms with E-state index >= 15 is 0 Å². The van der Waals surface area contributed by atoms with E-state index in [0.29, 0.717) is 13.0 Å². The highest BCUT2D eigenvalue weighted by Gasteiger charge is 2.45. The van der Waals surface area contributed by atoms with E-state index < -0.39 is 5.54 Å². The Bertz CT molecular complexity index is 755. The van der Waals surface area contributed by atoms with Gasteiger partial charge < -0.3 is 14.4 Å². The first-order chi connectivity index (χ1) is 13.6. The Labute approximate surface area is 168 Å². The zero-order valence-corrected chi connectivity index (χ0v) is 17.4. The van der Waals surface area contributed by atoms with Crippen molar-refractivity contribution >= 4 is 11.7 Å². The summed E-state index contributed by atoms with van der Waals surface area (Å²) in [4.78, 5) is 15.4. The summed E-state index contributed by atoms with van der Waals surface area (Å²) in [6.45, 7) is 4.85. The standard InChI is InChI=1S/C24H31NO3/c1-5-7-8-12-19-24(23(26)28-4,20-13-10-9-11-14-20)25(6-2)21-15-17-22(27-3)18-16-21/h8-18H,5-7,19H2,1-4H3/b12-8+/t24-/m0/s1. The minimum Gasteiger partial charge on any atom is -0.497 e. The molecule has 1 atom stereocenters. The van der Waals surface area contributed by atoms with Crippen molar-refractivity contribution in [1.29, 1.82) is 0 Å². The Hall–Kier alpha value is -2.75. The van der Waals surface area contributed by atoms with Crippen LogP contribution in [0.5, 0.6) is 5.75 Å². The van der Waals surface area contributed by atoms with Crippen LogP contribution in [-0.2, 0) is 15.1 Å². The summed E-state index contributed by atoms with van der Waals surface area (Å²) in [6.07, 6.45) is 6.83. The summed E-state index contributed by atoms with van der Waals surface area (Å²) >= 11 is 0. The first-order valence-electron chi connectivity index (χ1n) is 9.84. The summed E-state index contributed by atoms with van der Waals surface area (Å²) in [6, 6.07) is 17.7. The second-order valence-corrected chi connectivity index (χ2v) is 6.62. The van der Waals surface area contributed by atoms with Gasteiger partial charge in [-0.25, -0.2) is 4.79 Å². The fourth-order valence-corrected chi connectivity index (χ4v) is 3.55. The minimum atomic E-state index is -0.941. The van der Waals surface area contributed by atoms with Crippen LogP contribution in [0.3, 0.4) is 0 Å². The van der Waals surface area contributed by atoms with Crippen LogP contribution in [0.25, 0.3) is 0 Å². The number of likely N-dealkylation sites (N-methyl/N-ethyl adjacent to an activating group) is 1. The summed E-state index contributed by atoms with van der Waals surface area (Å²) in [5.74, 6) is 0.517. The van der Waals surface area contributed by atoms with Crippen molar-refractivity contribution in [3.8, 4) is 5.75 Å². The number of esters is 1. The number of nitrogens with zero attached hydrogens (tertiary/aromatic N) is 1. The molecular weight excluding hydrogens is 350 g/mol. The highest BCUT2D eigenvalue weighted by atomic mass is 16.5. The van der Waals surface area contributed by atoms with Crippen LogP contribution >= 0.6 is 0 Å². The Morgan fingerprint density at radius 1 is 1.00 bits per heavy atom. The molecule has 28 heavy (non-hydrogen) atoms. The molecule has 0 bridgehead atoms. The molecule has 0 spiro atoms. The van der Waals surface area contributed by atoms with Gasteiger partial charge in [0, 0.05) is 18.7 Å². The van der Waals surface area contributed by atoms with E-state index in [9.17, 15) is 4.79 Å². The molecule has 0 aromatic heterocycles. The van der Waals surface area contributed by atoms with Crippen molar-refractivity contribution in [2.24, 2.45) is 0 Å². The predicted octanol–water partition coefficient (Wildman–Crippen LogP) is 5.34. The zero-order chi connectivity index (χ0) is 20.4. The van der Waals surface area contributed by atoms with Gasteiger partial charge in [-0.1, -0.05) is 55.8 Å². The molecule has 4 heteroatoms. The number of allylic oxidation sites excluding steroid dienone is 1. The number of rotatable bonds is 10. The molecule has 0 N–H and O–H groups in total. The smallest absolute Gasteiger partial charge is 0.336 e. The quantitative estimate of drug-likeness (QED) is 0.411. The monoisotopic (exact) mass is 381 g/mol. The molecular formula is C24H31NO3. The molecule has 0 saturated heterocycles. The second-order valence-electron chi connectivity index (χ2n) is 6.62. The molecule has 2 aromatic carbocycles. The maximum atomic E-state index is 13.3. The molecule has 2 rings (SSSR count). The fourth-order valence-electron chi connectivity index (χ4n) is 3.55. The number of unbranched alkanes of at least 4 members (excludes halogenated alkanes) is 1. The number of ether oxygens (including phenoxy) is 2. The molecule has 2 aromatic rings. The second kappa shape index (κ2) is 10.5. The molecule has 150 valence electrons. The van der Waals surface area contributed by atoms with Crippen molar-refractivity contribution < 1.29 is 14.3 Å². The van der Waals surface area contributed by atoms with E-state index in [4.69, 9.17) is 9.47 Å². The van der Waals surface area contributed by atoms with Crippen molar-refractivity contribution in [2.45, 2.75) is 38.6 Å². The lowest BCUT2D eigenvalue weighted by Crippen LogP contribution is -2.53. The van der Waals surface area contributed by atoms with E-state index in [1.807, 2.05) is 54.6 Å². The third-order valence-electron chi connectivity index (χ3n) is 4.97. The number of hydrogen-bond donors (Lipinski definition) is 0. The highest BCUT2D eigenvalue weighted by molar-refractivity contribution is 5.87. The zero-order valence-electron chi connectivity index (χ0n) is 17.4. The maximum absolute atomic E-state index is 13.3. The van der Waals surface area contributed by atoms with E-state index in [-0.39, 0.29) is 5.97 Å². The van der Waals surface area contributed by atoms with Crippen LogP contribution in [0.15, 0.2) is 66.7 Å². The molecule has 0 aliphatic heterocycles. The average Bonchev–Trinajstić information content (AvgIpc) is 2.76. The van der Waals surface area contributed by atoms with Gasteiger partial charge in [-0.2, -0.15) is 0 Å². The number of hydrogen-bond acceptors (Lipinski definition) is 4. The van der Waals surface area contributed by atoms with Crippen molar-refractivity contribution in [3.05, 3.63) is 72.3 Å². The van der Waals surface area contributed by atoms with Gasteiger partial charge in [0.05, 0.1) is 14.2 Å². The lowest BCUT2D eigenvalue weighted by molar-refractivity contribution is -0.147. The summed E-state index contributed by atoms with van der Waals surface area (Å²) in [5.41, 5.74) is 0.922.